The highest BCUT2D eigenvalue weighted by atomic mass is 35.5. The van der Waals surface area contributed by atoms with Crippen LogP contribution in [0.15, 0.2) is 12.1 Å². The van der Waals surface area contributed by atoms with Gasteiger partial charge in [0.05, 0.1) is 0 Å². The van der Waals surface area contributed by atoms with Gasteiger partial charge in [0, 0.05) is 12.1 Å². The van der Waals surface area contributed by atoms with Gasteiger partial charge in [0.25, 0.3) is 0 Å². The van der Waals surface area contributed by atoms with E-state index in [0.29, 0.717) is 10.8 Å². The standard InChI is InChI=1S/C10H12ClNO2/c1-6-4-8(11)5-7(2)9(6)14-10(13)12-3/h4-5H,1-3H3,(H,12,13). The molecular weight excluding hydrogens is 202 g/mol. The van der Waals surface area contributed by atoms with Crippen molar-refractivity contribution in [3.63, 3.8) is 0 Å². The molecule has 0 bridgehead atoms. The molecule has 0 heterocycles. The normalized spacial score (nSPS) is 9.71. The number of aryl methyl sites for hydroxylation is 2. The van der Waals surface area contributed by atoms with Crippen LogP contribution in [0.4, 0.5) is 4.79 Å². The molecule has 1 N–H and O–H groups in total. The number of hydrogen-bond donors (Lipinski definition) is 1. The van der Waals surface area contributed by atoms with E-state index in [2.05, 4.69) is 5.32 Å². The van der Waals surface area contributed by atoms with Crippen LogP contribution in [0.25, 0.3) is 0 Å². The second-order valence-corrected chi connectivity index (χ2v) is 3.44. The lowest BCUT2D eigenvalue weighted by Crippen LogP contribution is -2.22. The molecule has 14 heavy (non-hydrogen) atoms. The molecule has 0 unspecified atom stereocenters. The molecule has 0 aliphatic carbocycles. The third kappa shape index (κ3) is 2.39. The summed E-state index contributed by atoms with van der Waals surface area (Å²) < 4.78 is 5.07. The molecular formula is C10H12ClNO2. The lowest BCUT2D eigenvalue weighted by molar-refractivity contribution is 0.202. The minimum absolute atomic E-state index is 0.474. The molecule has 0 fully saturated rings. The lowest BCUT2D eigenvalue weighted by atomic mass is 10.1. The highest BCUT2D eigenvalue weighted by molar-refractivity contribution is 6.30. The van der Waals surface area contributed by atoms with E-state index >= 15 is 0 Å². The van der Waals surface area contributed by atoms with Crippen LogP contribution in [-0.4, -0.2) is 13.1 Å². The van der Waals surface area contributed by atoms with Gasteiger partial charge >= 0.3 is 6.09 Å². The zero-order valence-corrected chi connectivity index (χ0v) is 9.11. The molecule has 1 rings (SSSR count). The third-order valence-corrected chi connectivity index (χ3v) is 2.04. The number of hydrogen-bond acceptors (Lipinski definition) is 2. The van der Waals surface area contributed by atoms with Crippen LogP contribution in [0.1, 0.15) is 11.1 Å². The first-order valence-corrected chi connectivity index (χ1v) is 4.58. The average Bonchev–Trinajstić information content (AvgIpc) is 2.10. The van der Waals surface area contributed by atoms with E-state index in [4.69, 9.17) is 16.3 Å². The predicted octanol–water partition coefficient (Wildman–Crippen LogP) is 2.68. The first-order valence-electron chi connectivity index (χ1n) is 4.21. The highest BCUT2D eigenvalue weighted by Gasteiger charge is 2.09. The Morgan fingerprint density at radius 2 is 1.86 bits per heavy atom. The Bertz CT molecular complexity index is 340. The van der Waals surface area contributed by atoms with Gasteiger partial charge in [-0.25, -0.2) is 4.79 Å². The predicted molar refractivity (Wildman–Crippen MR) is 56.0 cm³/mol. The zero-order chi connectivity index (χ0) is 10.7. The molecule has 4 heteroatoms. The summed E-state index contributed by atoms with van der Waals surface area (Å²) in [4.78, 5) is 11.0. The zero-order valence-electron chi connectivity index (χ0n) is 8.35. The van der Waals surface area contributed by atoms with Crippen molar-refractivity contribution in [2.24, 2.45) is 0 Å². The first kappa shape index (κ1) is 10.9. The van der Waals surface area contributed by atoms with Crippen molar-refractivity contribution in [1.82, 2.24) is 5.32 Å². The molecule has 1 aromatic rings. The Morgan fingerprint density at radius 3 is 2.29 bits per heavy atom. The number of carbonyl (C=O) groups excluding carboxylic acids is 1. The van der Waals surface area contributed by atoms with E-state index in [1.807, 2.05) is 13.8 Å². The molecule has 0 saturated heterocycles. The maximum Gasteiger partial charge on any atom is 0.412 e. The van der Waals surface area contributed by atoms with Crippen molar-refractivity contribution >= 4 is 17.7 Å². The van der Waals surface area contributed by atoms with Crippen molar-refractivity contribution in [1.29, 1.82) is 0 Å². The fourth-order valence-electron chi connectivity index (χ4n) is 1.20. The molecule has 0 radical (unpaired) electrons. The molecule has 0 spiro atoms. The fourth-order valence-corrected chi connectivity index (χ4v) is 1.53. The summed E-state index contributed by atoms with van der Waals surface area (Å²) in [5, 5.41) is 3.03. The van der Waals surface area contributed by atoms with Crippen molar-refractivity contribution in [3.8, 4) is 5.75 Å². The van der Waals surface area contributed by atoms with Crippen LogP contribution < -0.4 is 10.1 Å². The Balaban J connectivity index is 3.02. The van der Waals surface area contributed by atoms with Crippen molar-refractivity contribution < 1.29 is 9.53 Å². The van der Waals surface area contributed by atoms with E-state index in [9.17, 15) is 4.79 Å². The Morgan fingerprint density at radius 1 is 1.36 bits per heavy atom. The number of amides is 1. The van der Waals surface area contributed by atoms with Crippen LogP contribution in [0, 0.1) is 13.8 Å². The summed E-state index contributed by atoms with van der Waals surface area (Å²) in [5.74, 6) is 0.564. The Hall–Kier alpha value is -1.22. The molecule has 0 atom stereocenters. The highest BCUT2D eigenvalue weighted by Crippen LogP contribution is 2.26. The van der Waals surface area contributed by atoms with Gasteiger partial charge in [0.15, 0.2) is 0 Å². The number of carbonyl (C=O) groups is 1. The second kappa shape index (κ2) is 4.33. The van der Waals surface area contributed by atoms with Crippen LogP contribution in [0.2, 0.25) is 5.02 Å². The Kier molecular flexibility index (Phi) is 3.36. The van der Waals surface area contributed by atoms with Gasteiger partial charge in [0.2, 0.25) is 0 Å². The molecule has 1 aromatic carbocycles. The topological polar surface area (TPSA) is 38.3 Å². The monoisotopic (exact) mass is 213 g/mol. The summed E-state index contributed by atoms with van der Waals surface area (Å²) in [7, 11) is 1.52. The fraction of sp³-hybridized carbons (Fsp3) is 0.300. The lowest BCUT2D eigenvalue weighted by Gasteiger charge is -2.10. The van der Waals surface area contributed by atoms with Gasteiger partial charge in [-0.05, 0) is 37.1 Å². The largest absolute Gasteiger partial charge is 0.412 e. The Labute approximate surface area is 88.0 Å². The smallest absolute Gasteiger partial charge is 0.410 e. The molecule has 0 aliphatic heterocycles. The van der Waals surface area contributed by atoms with Gasteiger partial charge < -0.3 is 10.1 Å². The number of ether oxygens (including phenoxy) is 1. The molecule has 0 aromatic heterocycles. The maximum absolute atomic E-state index is 11.0. The van der Waals surface area contributed by atoms with Crippen molar-refractivity contribution in [3.05, 3.63) is 28.3 Å². The SMILES string of the molecule is CNC(=O)Oc1c(C)cc(Cl)cc1C. The quantitative estimate of drug-likeness (QED) is 0.779. The summed E-state index contributed by atoms with van der Waals surface area (Å²) in [6, 6.07) is 3.51. The van der Waals surface area contributed by atoms with Gasteiger partial charge in [-0.15, -0.1) is 0 Å². The first-order chi connectivity index (χ1) is 6.54. The van der Waals surface area contributed by atoms with Gasteiger partial charge in [-0.3, -0.25) is 0 Å². The van der Waals surface area contributed by atoms with Gasteiger partial charge in [-0.1, -0.05) is 11.6 Å². The summed E-state index contributed by atoms with van der Waals surface area (Å²) in [6.45, 7) is 3.69. The summed E-state index contributed by atoms with van der Waals surface area (Å²) in [6.07, 6.45) is -0.474. The molecule has 76 valence electrons. The average molecular weight is 214 g/mol. The van der Waals surface area contributed by atoms with Gasteiger partial charge in [-0.2, -0.15) is 0 Å². The second-order valence-electron chi connectivity index (χ2n) is 3.01. The van der Waals surface area contributed by atoms with Crippen LogP contribution in [0.3, 0.4) is 0 Å². The minimum atomic E-state index is -0.474. The summed E-state index contributed by atoms with van der Waals surface area (Å²) in [5.41, 5.74) is 1.69. The minimum Gasteiger partial charge on any atom is -0.410 e. The van der Waals surface area contributed by atoms with Gasteiger partial charge in [0.1, 0.15) is 5.75 Å². The van der Waals surface area contributed by atoms with Crippen LogP contribution >= 0.6 is 11.6 Å². The third-order valence-electron chi connectivity index (χ3n) is 1.82. The molecule has 0 saturated carbocycles. The van der Waals surface area contributed by atoms with E-state index in [-0.39, 0.29) is 0 Å². The van der Waals surface area contributed by atoms with Crippen molar-refractivity contribution in [2.75, 3.05) is 7.05 Å². The van der Waals surface area contributed by atoms with Crippen LogP contribution in [0.5, 0.6) is 5.75 Å². The summed E-state index contributed by atoms with van der Waals surface area (Å²) >= 11 is 5.84. The molecule has 1 amide bonds. The van der Waals surface area contributed by atoms with E-state index < -0.39 is 6.09 Å². The molecule has 3 nitrogen and oxygen atoms in total. The number of rotatable bonds is 1. The van der Waals surface area contributed by atoms with Crippen molar-refractivity contribution in [2.45, 2.75) is 13.8 Å². The number of halogens is 1. The molecule has 0 aliphatic rings. The van der Waals surface area contributed by atoms with E-state index in [0.717, 1.165) is 11.1 Å². The van der Waals surface area contributed by atoms with E-state index in [1.165, 1.54) is 7.05 Å². The van der Waals surface area contributed by atoms with E-state index in [1.54, 1.807) is 12.1 Å². The maximum atomic E-state index is 11.0. The van der Waals surface area contributed by atoms with Crippen LogP contribution in [-0.2, 0) is 0 Å². The number of nitrogens with one attached hydrogen (secondary N) is 1. The number of benzene rings is 1.